The standard InChI is InChI=1S/C22H36N4O.HI/c1-4-10-26-11-9-19(15-26)13-24-22(23-3)25-14-20-8-5-17(2)12-21(20)27-16-18-6-7-18;/h5,8,12,18-19H,4,6-7,9-11,13-16H2,1-3H3,(H2,23,24,25);1H. The maximum atomic E-state index is 6.08. The highest BCUT2D eigenvalue weighted by molar-refractivity contribution is 14.0. The zero-order chi connectivity index (χ0) is 19.1. The fourth-order valence-electron chi connectivity index (χ4n) is 3.67. The lowest BCUT2D eigenvalue weighted by Crippen LogP contribution is -2.40. The van der Waals surface area contributed by atoms with Gasteiger partial charge in [-0.15, -0.1) is 24.0 Å². The Balaban J connectivity index is 0.00000280. The van der Waals surface area contributed by atoms with Crippen LogP contribution in [0.3, 0.4) is 0 Å². The number of nitrogens with zero attached hydrogens (tertiary/aromatic N) is 2. The van der Waals surface area contributed by atoms with Gasteiger partial charge in [0.15, 0.2) is 5.96 Å². The topological polar surface area (TPSA) is 48.9 Å². The molecule has 2 fully saturated rings. The van der Waals surface area contributed by atoms with E-state index in [2.05, 4.69) is 52.6 Å². The smallest absolute Gasteiger partial charge is 0.191 e. The number of aryl methyl sites for hydroxylation is 1. The lowest BCUT2D eigenvalue weighted by molar-refractivity contribution is 0.296. The lowest BCUT2D eigenvalue weighted by atomic mass is 10.1. The Bertz CT molecular complexity index is 633. The van der Waals surface area contributed by atoms with Gasteiger partial charge in [0, 0.05) is 32.2 Å². The second kappa shape index (κ2) is 11.9. The number of benzene rings is 1. The highest BCUT2D eigenvalue weighted by Gasteiger charge is 2.23. The highest BCUT2D eigenvalue weighted by Crippen LogP contribution is 2.30. The van der Waals surface area contributed by atoms with Crippen molar-refractivity contribution < 1.29 is 4.74 Å². The summed E-state index contributed by atoms with van der Waals surface area (Å²) in [6.45, 7) is 10.6. The van der Waals surface area contributed by atoms with Crippen LogP contribution >= 0.6 is 24.0 Å². The normalized spacial score (nSPS) is 20.0. The molecule has 1 saturated heterocycles. The number of ether oxygens (including phenoxy) is 1. The minimum absolute atomic E-state index is 0. The molecule has 3 rings (SSSR count). The highest BCUT2D eigenvalue weighted by atomic mass is 127. The number of halogens is 1. The predicted molar refractivity (Wildman–Crippen MR) is 128 cm³/mol. The van der Waals surface area contributed by atoms with Gasteiger partial charge in [-0.25, -0.2) is 0 Å². The van der Waals surface area contributed by atoms with Crippen LogP contribution in [0, 0.1) is 18.8 Å². The third-order valence-corrected chi connectivity index (χ3v) is 5.53. The van der Waals surface area contributed by atoms with Gasteiger partial charge in [0.05, 0.1) is 6.61 Å². The van der Waals surface area contributed by atoms with Crippen molar-refractivity contribution >= 4 is 29.9 Å². The Morgan fingerprint density at radius 2 is 2.04 bits per heavy atom. The molecule has 6 heteroatoms. The average molecular weight is 500 g/mol. The molecule has 28 heavy (non-hydrogen) atoms. The van der Waals surface area contributed by atoms with E-state index in [0.29, 0.717) is 5.92 Å². The molecule has 0 aromatic heterocycles. The third-order valence-electron chi connectivity index (χ3n) is 5.53. The van der Waals surface area contributed by atoms with Crippen LogP contribution in [0.25, 0.3) is 0 Å². The minimum Gasteiger partial charge on any atom is -0.493 e. The number of nitrogens with one attached hydrogen (secondary N) is 2. The molecule has 1 saturated carbocycles. The van der Waals surface area contributed by atoms with Crippen LogP contribution in [0.5, 0.6) is 5.75 Å². The molecule has 1 aromatic rings. The number of likely N-dealkylation sites (tertiary alicyclic amines) is 1. The Kier molecular flexibility index (Phi) is 9.85. The van der Waals surface area contributed by atoms with Crippen molar-refractivity contribution in [3.8, 4) is 5.75 Å². The molecule has 5 nitrogen and oxygen atoms in total. The molecule has 1 aliphatic heterocycles. The van der Waals surface area contributed by atoms with Gasteiger partial charge in [-0.2, -0.15) is 0 Å². The quantitative estimate of drug-likeness (QED) is 0.308. The molecule has 1 heterocycles. The van der Waals surface area contributed by atoms with Crippen LogP contribution in [-0.2, 0) is 6.54 Å². The van der Waals surface area contributed by atoms with Crippen molar-refractivity contribution in [2.45, 2.75) is 46.1 Å². The number of rotatable bonds is 9. The first-order valence-corrected chi connectivity index (χ1v) is 10.6. The fourth-order valence-corrected chi connectivity index (χ4v) is 3.67. The van der Waals surface area contributed by atoms with Gasteiger partial charge in [0.2, 0.25) is 0 Å². The molecular formula is C22H37IN4O. The summed E-state index contributed by atoms with van der Waals surface area (Å²) >= 11 is 0. The zero-order valence-electron chi connectivity index (χ0n) is 17.7. The molecule has 158 valence electrons. The second-order valence-corrected chi connectivity index (χ2v) is 8.13. The Labute approximate surface area is 187 Å². The predicted octanol–water partition coefficient (Wildman–Crippen LogP) is 3.80. The lowest BCUT2D eigenvalue weighted by Gasteiger charge is -2.18. The summed E-state index contributed by atoms with van der Waals surface area (Å²) in [5.41, 5.74) is 2.43. The summed E-state index contributed by atoms with van der Waals surface area (Å²) in [6.07, 6.45) is 5.14. The first kappa shape index (κ1) is 23.3. The summed E-state index contributed by atoms with van der Waals surface area (Å²) < 4.78 is 6.08. The first-order chi connectivity index (χ1) is 13.2. The van der Waals surface area contributed by atoms with E-state index < -0.39 is 0 Å². The molecule has 2 N–H and O–H groups in total. The number of hydrogen-bond acceptors (Lipinski definition) is 3. The molecule has 1 unspecified atom stereocenters. The first-order valence-electron chi connectivity index (χ1n) is 10.6. The van der Waals surface area contributed by atoms with Crippen molar-refractivity contribution in [1.29, 1.82) is 0 Å². The van der Waals surface area contributed by atoms with Gasteiger partial charge in [0.1, 0.15) is 5.75 Å². The minimum atomic E-state index is 0. The van der Waals surface area contributed by atoms with Crippen LogP contribution in [0.1, 0.15) is 43.7 Å². The number of hydrogen-bond donors (Lipinski definition) is 2. The van der Waals surface area contributed by atoms with E-state index in [1.54, 1.807) is 0 Å². The van der Waals surface area contributed by atoms with E-state index in [1.807, 2.05) is 7.05 Å². The summed E-state index contributed by atoms with van der Waals surface area (Å²) in [5.74, 6) is 3.36. The maximum absolute atomic E-state index is 6.08. The molecule has 1 aliphatic carbocycles. The Morgan fingerprint density at radius 3 is 2.75 bits per heavy atom. The monoisotopic (exact) mass is 500 g/mol. The van der Waals surface area contributed by atoms with Gasteiger partial charge in [-0.3, -0.25) is 4.99 Å². The molecule has 2 aliphatic rings. The van der Waals surface area contributed by atoms with Gasteiger partial charge in [-0.1, -0.05) is 19.1 Å². The van der Waals surface area contributed by atoms with Crippen molar-refractivity contribution in [3.63, 3.8) is 0 Å². The third kappa shape index (κ3) is 7.43. The van der Waals surface area contributed by atoms with E-state index in [1.165, 1.54) is 56.4 Å². The van der Waals surface area contributed by atoms with Crippen molar-refractivity contribution in [2.75, 3.05) is 39.8 Å². The van der Waals surface area contributed by atoms with E-state index >= 15 is 0 Å². The van der Waals surface area contributed by atoms with Crippen molar-refractivity contribution in [1.82, 2.24) is 15.5 Å². The molecule has 1 aromatic carbocycles. The second-order valence-electron chi connectivity index (χ2n) is 8.13. The molecule has 0 bridgehead atoms. The molecule has 0 amide bonds. The molecule has 0 radical (unpaired) electrons. The van der Waals surface area contributed by atoms with Gasteiger partial charge in [0.25, 0.3) is 0 Å². The number of aliphatic imine (C=N–C) groups is 1. The summed E-state index contributed by atoms with van der Waals surface area (Å²) in [4.78, 5) is 6.96. The van der Waals surface area contributed by atoms with Gasteiger partial charge in [-0.05, 0) is 69.2 Å². The zero-order valence-corrected chi connectivity index (χ0v) is 20.0. The Morgan fingerprint density at radius 1 is 1.21 bits per heavy atom. The van der Waals surface area contributed by atoms with Crippen molar-refractivity contribution in [3.05, 3.63) is 29.3 Å². The largest absolute Gasteiger partial charge is 0.493 e. The average Bonchev–Trinajstić information content (AvgIpc) is 3.40. The summed E-state index contributed by atoms with van der Waals surface area (Å²) in [5, 5.41) is 6.96. The fraction of sp³-hybridized carbons (Fsp3) is 0.682. The van der Waals surface area contributed by atoms with E-state index in [-0.39, 0.29) is 24.0 Å². The summed E-state index contributed by atoms with van der Waals surface area (Å²) in [7, 11) is 1.84. The van der Waals surface area contributed by atoms with Gasteiger partial charge < -0.3 is 20.3 Å². The van der Waals surface area contributed by atoms with Crippen molar-refractivity contribution in [2.24, 2.45) is 16.8 Å². The van der Waals surface area contributed by atoms with E-state index in [4.69, 9.17) is 4.74 Å². The van der Waals surface area contributed by atoms with Crippen LogP contribution < -0.4 is 15.4 Å². The van der Waals surface area contributed by atoms with Crippen LogP contribution in [0.2, 0.25) is 0 Å². The van der Waals surface area contributed by atoms with E-state index in [9.17, 15) is 0 Å². The number of guanidine groups is 1. The molecule has 0 spiro atoms. The van der Waals surface area contributed by atoms with E-state index in [0.717, 1.165) is 37.3 Å². The molecule has 1 atom stereocenters. The van der Waals surface area contributed by atoms with Gasteiger partial charge >= 0.3 is 0 Å². The molecular weight excluding hydrogens is 463 g/mol. The Hall–Kier alpha value is -1.02. The maximum Gasteiger partial charge on any atom is 0.191 e. The van der Waals surface area contributed by atoms with Crippen LogP contribution in [-0.4, -0.2) is 50.7 Å². The summed E-state index contributed by atoms with van der Waals surface area (Å²) in [6, 6.07) is 6.46. The SMILES string of the molecule is CCCN1CCC(CNC(=NC)NCc2ccc(C)cc2OCC2CC2)C1.I. The van der Waals surface area contributed by atoms with Crippen LogP contribution in [0.15, 0.2) is 23.2 Å². The van der Waals surface area contributed by atoms with Crippen LogP contribution in [0.4, 0.5) is 0 Å².